The van der Waals surface area contributed by atoms with Crippen molar-refractivity contribution >= 4 is 6.03 Å². The Hall–Kier alpha value is -2.09. The van der Waals surface area contributed by atoms with Crippen LogP contribution in [0.5, 0.6) is 0 Å². The first kappa shape index (κ1) is 12.4. The molecule has 0 unspecified atom stereocenters. The van der Waals surface area contributed by atoms with Crippen LogP contribution in [0.25, 0.3) is 0 Å². The topological polar surface area (TPSA) is 56.1 Å². The van der Waals surface area contributed by atoms with Crippen molar-refractivity contribution in [1.29, 1.82) is 5.26 Å². The Morgan fingerprint density at radius 2 is 2.17 bits per heavy atom. The summed E-state index contributed by atoms with van der Waals surface area (Å²) in [6.45, 7) is 1.68. The fourth-order valence-corrected chi connectivity index (χ4v) is 1.96. The molecule has 2 rings (SSSR count). The summed E-state index contributed by atoms with van der Waals surface area (Å²) >= 11 is 0. The van der Waals surface area contributed by atoms with E-state index in [1.54, 1.807) is 11.0 Å². The standard InChI is InChI=1S/C13H14FN3O/c14-12-7-10(8-15)3-4-11(12)9-16-13(18)17-5-1-2-6-17/h3-4,7H,1-2,5-6,9H2,(H,16,18). The van der Waals surface area contributed by atoms with Gasteiger partial charge in [-0.2, -0.15) is 5.26 Å². The number of rotatable bonds is 2. The van der Waals surface area contributed by atoms with Gasteiger partial charge in [-0.3, -0.25) is 0 Å². The Bertz CT molecular complexity index is 489. The lowest BCUT2D eigenvalue weighted by Crippen LogP contribution is -2.37. The van der Waals surface area contributed by atoms with E-state index in [-0.39, 0.29) is 18.1 Å². The fourth-order valence-electron chi connectivity index (χ4n) is 1.96. The summed E-state index contributed by atoms with van der Waals surface area (Å²) in [4.78, 5) is 13.4. The van der Waals surface area contributed by atoms with Gasteiger partial charge in [0.2, 0.25) is 0 Å². The highest BCUT2D eigenvalue weighted by atomic mass is 19.1. The normalized spacial score (nSPS) is 14.3. The van der Waals surface area contributed by atoms with E-state index in [1.165, 1.54) is 12.1 Å². The van der Waals surface area contributed by atoms with E-state index in [0.717, 1.165) is 25.9 Å². The zero-order chi connectivity index (χ0) is 13.0. The lowest BCUT2D eigenvalue weighted by atomic mass is 10.1. The number of halogens is 1. The van der Waals surface area contributed by atoms with E-state index in [1.807, 2.05) is 6.07 Å². The highest BCUT2D eigenvalue weighted by Crippen LogP contribution is 2.11. The van der Waals surface area contributed by atoms with Crippen molar-refractivity contribution in [2.45, 2.75) is 19.4 Å². The third kappa shape index (κ3) is 2.77. The van der Waals surface area contributed by atoms with Gasteiger partial charge in [-0.25, -0.2) is 9.18 Å². The van der Waals surface area contributed by atoms with Crippen LogP contribution >= 0.6 is 0 Å². The molecule has 0 saturated carbocycles. The number of nitrogens with zero attached hydrogens (tertiary/aromatic N) is 2. The highest BCUT2D eigenvalue weighted by Gasteiger charge is 2.17. The summed E-state index contributed by atoms with van der Waals surface area (Å²) in [5.74, 6) is -0.462. The van der Waals surface area contributed by atoms with Crippen LogP contribution in [0.3, 0.4) is 0 Å². The second kappa shape index (κ2) is 5.50. The smallest absolute Gasteiger partial charge is 0.317 e. The Morgan fingerprint density at radius 3 is 2.78 bits per heavy atom. The molecule has 0 aliphatic carbocycles. The second-order valence-electron chi connectivity index (χ2n) is 4.27. The van der Waals surface area contributed by atoms with Crippen molar-refractivity contribution < 1.29 is 9.18 Å². The first-order valence-electron chi connectivity index (χ1n) is 5.92. The first-order valence-corrected chi connectivity index (χ1v) is 5.92. The molecule has 1 fully saturated rings. The molecule has 1 aromatic carbocycles. The lowest BCUT2D eigenvalue weighted by molar-refractivity contribution is 0.208. The molecule has 1 aromatic rings. The van der Waals surface area contributed by atoms with E-state index in [2.05, 4.69) is 5.32 Å². The van der Waals surface area contributed by atoms with E-state index in [4.69, 9.17) is 5.26 Å². The summed E-state index contributed by atoms with van der Waals surface area (Å²) < 4.78 is 13.5. The predicted molar refractivity (Wildman–Crippen MR) is 64.2 cm³/mol. The average Bonchev–Trinajstić information content (AvgIpc) is 2.90. The van der Waals surface area contributed by atoms with E-state index < -0.39 is 5.82 Å². The molecule has 0 aromatic heterocycles. The molecule has 5 heteroatoms. The Morgan fingerprint density at radius 1 is 1.44 bits per heavy atom. The van der Waals surface area contributed by atoms with E-state index >= 15 is 0 Å². The fraction of sp³-hybridized carbons (Fsp3) is 0.385. The third-order valence-corrected chi connectivity index (χ3v) is 3.01. The first-order chi connectivity index (χ1) is 8.70. The predicted octanol–water partition coefficient (Wildman–Crippen LogP) is 2.00. The average molecular weight is 247 g/mol. The number of nitriles is 1. The Kier molecular flexibility index (Phi) is 3.78. The monoisotopic (exact) mass is 247 g/mol. The number of nitrogens with one attached hydrogen (secondary N) is 1. The van der Waals surface area contributed by atoms with Gasteiger partial charge in [-0.15, -0.1) is 0 Å². The zero-order valence-corrected chi connectivity index (χ0v) is 9.95. The molecule has 2 amide bonds. The van der Waals surface area contributed by atoms with Gasteiger partial charge in [-0.1, -0.05) is 6.07 Å². The highest BCUT2D eigenvalue weighted by molar-refractivity contribution is 5.74. The lowest BCUT2D eigenvalue weighted by Gasteiger charge is -2.16. The minimum Gasteiger partial charge on any atom is -0.334 e. The van der Waals surface area contributed by atoms with Gasteiger partial charge < -0.3 is 10.2 Å². The number of benzene rings is 1. The number of carbonyl (C=O) groups is 1. The molecule has 18 heavy (non-hydrogen) atoms. The number of carbonyl (C=O) groups excluding carboxylic acids is 1. The van der Waals surface area contributed by atoms with Gasteiger partial charge in [0.05, 0.1) is 11.6 Å². The van der Waals surface area contributed by atoms with Crippen LogP contribution < -0.4 is 5.32 Å². The molecule has 1 N–H and O–H groups in total. The molecule has 0 radical (unpaired) electrons. The molecule has 94 valence electrons. The van der Waals surface area contributed by atoms with Crippen molar-refractivity contribution in [2.24, 2.45) is 0 Å². The van der Waals surface area contributed by atoms with Gasteiger partial charge in [-0.05, 0) is 25.0 Å². The van der Waals surface area contributed by atoms with Gasteiger partial charge in [0, 0.05) is 25.2 Å². The van der Waals surface area contributed by atoms with E-state index in [0.29, 0.717) is 5.56 Å². The van der Waals surface area contributed by atoms with Crippen LogP contribution in [0.1, 0.15) is 24.0 Å². The molecular formula is C13H14FN3O. The van der Waals surface area contributed by atoms with Gasteiger partial charge >= 0.3 is 6.03 Å². The molecule has 1 aliphatic rings. The maximum absolute atomic E-state index is 13.5. The van der Waals surface area contributed by atoms with Crippen molar-refractivity contribution in [2.75, 3.05) is 13.1 Å². The largest absolute Gasteiger partial charge is 0.334 e. The Labute approximate surface area is 105 Å². The number of likely N-dealkylation sites (tertiary alicyclic amines) is 1. The molecule has 4 nitrogen and oxygen atoms in total. The van der Waals surface area contributed by atoms with E-state index in [9.17, 15) is 9.18 Å². The van der Waals surface area contributed by atoms with Crippen molar-refractivity contribution in [3.63, 3.8) is 0 Å². The number of hydrogen-bond acceptors (Lipinski definition) is 2. The minimum absolute atomic E-state index is 0.146. The van der Waals surface area contributed by atoms with Gasteiger partial charge in [0.15, 0.2) is 0 Å². The maximum atomic E-state index is 13.5. The van der Waals surface area contributed by atoms with Crippen LogP contribution in [-0.2, 0) is 6.54 Å². The molecule has 1 heterocycles. The number of hydrogen-bond donors (Lipinski definition) is 1. The number of amides is 2. The Balaban J connectivity index is 1.94. The van der Waals surface area contributed by atoms with Crippen LogP contribution in [0, 0.1) is 17.1 Å². The quantitative estimate of drug-likeness (QED) is 0.869. The van der Waals surface area contributed by atoms with Crippen LogP contribution in [0.15, 0.2) is 18.2 Å². The van der Waals surface area contributed by atoms with Crippen LogP contribution in [0.4, 0.5) is 9.18 Å². The molecule has 0 atom stereocenters. The SMILES string of the molecule is N#Cc1ccc(CNC(=O)N2CCCC2)c(F)c1. The van der Waals surface area contributed by atoms with Crippen LogP contribution in [-0.4, -0.2) is 24.0 Å². The molecule has 1 saturated heterocycles. The second-order valence-corrected chi connectivity index (χ2v) is 4.27. The van der Waals surface area contributed by atoms with Crippen molar-refractivity contribution in [1.82, 2.24) is 10.2 Å². The van der Waals surface area contributed by atoms with Gasteiger partial charge in [0.1, 0.15) is 5.82 Å². The van der Waals surface area contributed by atoms with Crippen molar-refractivity contribution in [3.05, 3.63) is 35.1 Å². The van der Waals surface area contributed by atoms with Crippen LogP contribution in [0.2, 0.25) is 0 Å². The molecular weight excluding hydrogens is 233 g/mol. The molecule has 0 spiro atoms. The summed E-state index contributed by atoms with van der Waals surface area (Å²) in [7, 11) is 0. The van der Waals surface area contributed by atoms with Crippen molar-refractivity contribution in [3.8, 4) is 6.07 Å². The number of urea groups is 1. The minimum atomic E-state index is -0.462. The summed E-state index contributed by atoms with van der Waals surface area (Å²) in [5.41, 5.74) is 0.670. The molecule has 0 bridgehead atoms. The summed E-state index contributed by atoms with van der Waals surface area (Å²) in [6.07, 6.45) is 2.05. The molecule has 1 aliphatic heterocycles. The summed E-state index contributed by atoms with van der Waals surface area (Å²) in [6, 6.07) is 5.96. The maximum Gasteiger partial charge on any atom is 0.317 e. The third-order valence-electron chi connectivity index (χ3n) is 3.01. The zero-order valence-electron chi connectivity index (χ0n) is 9.95. The summed E-state index contributed by atoms with van der Waals surface area (Å²) in [5, 5.41) is 11.3. The van der Waals surface area contributed by atoms with Gasteiger partial charge in [0.25, 0.3) is 0 Å².